The Morgan fingerprint density at radius 2 is 1.05 bits per heavy atom. The number of allylic oxidation sites excluding steroid dienone is 6. The average Bonchev–Trinajstić information content (AvgIpc) is 2.98. The molecule has 0 amide bonds. The molecule has 0 aliphatic carbocycles. The zero-order valence-electron chi connectivity index (χ0n) is 27.8. The fourth-order valence-corrected chi connectivity index (χ4v) is 4.86. The standard InChI is InChI=1S/C35H63O8P/c1-3-5-7-9-11-13-15-16-17-18-20-21-23-25-27-29-34(36)41-31-33(32-42-44(38,39)40)43-35(37)30-28-26-24-22-19-14-12-10-8-6-4-2/h10-13,16-17,33H,3-9,14-15,18-32H2,1-2H3,(H2,38,39,40)/b12-10-,13-11-,17-16-/t33-/m1/s1. The topological polar surface area (TPSA) is 119 Å². The SMILES string of the molecule is CCCC/C=C\CCCCCCCC(=O)O[C@H](COC(=O)CCCCCCC/C=C\C/C=C\CCCCC)COP(=O)(O)O. The van der Waals surface area contributed by atoms with Crippen LogP contribution in [0, 0.1) is 0 Å². The molecule has 44 heavy (non-hydrogen) atoms. The van der Waals surface area contributed by atoms with Crippen molar-refractivity contribution in [1.29, 1.82) is 0 Å². The van der Waals surface area contributed by atoms with Crippen molar-refractivity contribution in [3.8, 4) is 0 Å². The summed E-state index contributed by atoms with van der Waals surface area (Å²) < 4.78 is 26.2. The molecule has 0 aliphatic heterocycles. The summed E-state index contributed by atoms with van der Waals surface area (Å²) in [6, 6.07) is 0. The third-order valence-electron chi connectivity index (χ3n) is 7.13. The average molecular weight is 643 g/mol. The molecule has 0 saturated heterocycles. The van der Waals surface area contributed by atoms with Gasteiger partial charge < -0.3 is 19.3 Å². The first-order valence-electron chi connectivity index (χ1n) is 17.3. The Kier molecular flexibility index (Phi) is 30.0. The number of rotatable bonds is 31. The molecule has 0 spiro atoms. The molecule has 0 aromatic heterocycles. The van der Waals surface area contributed by atoms with Crippen molar-refractivity contribution < 1.29 is 37.9 Å². The summed E-state index contributed by atoms with van der Waals surface area (Å²) >= 11 is 0. The molecule has 1 atom stereocenters. The highest BCUT2D eigenvalue weighted by Gasteiger charge is 2.22. The van der Waals surface area contributed by atoms with Crippen molar-refractivity contribution in [3.05, 3.63) is 36.5 Å². The van der Waals surface area contributed by atoms with Gasteiger partial charge in [0.1, 0.15) is 6.61 Å². The van der Waals surface area contributed by atoms with E-state index in [1.165, 1.54) is 38.5 Å². The Bertz CT molecular complexity index is 818. The van der Waals surface area contributed by atoms with Gasteiger partial charge in [-0.15, -0.1) is 0 Å². The molecule has 0 aliphatic rings. The predicted octanol–water partition coefficient (Wildman–Crippen LogP) is 9.84. The number of unbranched alkanes of at least 4 members (excludes halogenated alkanes) is 15. The van der Waals surface area contributed by atoms with Crippen LogP contribution in [0.15, 0.2) is 36.5 Å². The second kappa shape index (κ2) is 31.3. The lowest BCUT2D eigenvalue weighted by Gasteiger charge is -2.18. The minimum Gasteiger partial charge on any atom is -0.462 e. The van der Waals surface area contributed by atoms with Crippen molar-refractivity contribution >= 4 is 19.8 Å². The van der Waals surface area contributed by atoms with Gasteiger partial charge in [-0.2, -0.15) is 0 Å². The van der Waals surface area contributed by atoms with Crippen molar-refractivity contribution in [2.45, 2.75) is 161 Å². The minimum absolute atomic E-state index is 0.198. The number of hydrogen-bond donors (Lipinski definition) is 2. The summed E-state index contributed by atoms with van der Waals surface area (Å²) in [5, 5.41) is 0. The number of carbonyl (C=O) groups excluding carboxylic acids is 2. The van der Waals surface area contributed by atoms with Crippen LogP contribution in [-0.4, -0.2) is 41.0 Å². The number of esters is 2. The Hall–Kier alpha value is -1.73. The van der Waals surface area contributed by atoms with E-state index in [-0.39, 0.29) is 19.4 Å². The van der Waals surface area contributed by atoms with Gasteiger partial charge in [0.2, 0.25) is 0 Å². The lowest BCUT2D eigenvalue weighted by Crippen LogP contribution is -2.29. The summed E-state index contributed by atoms with van der Waals surface area (Å²) in [6.45, 7) is 3.57. The zero-order chi connectivity index (χ0) is 32.6. The molecule has 0 radical (unpaired) electrons. The van der Waals surface area contributed by atoms with E-state index in [1.807, 2.05) is 0 Å². The van der Waals surface area contributed by atoms with Gasteiger partial charge in [0.15, 0.2) is 6.10 Å². The molecular formula is C35H63O8P. The second-order valence-corrected chi connectivity index (χ2v) is 12.7. The predicted molar refractivity (Wildman–Crippen MR) is 179 cm³/mol. The fourth-order valence-electron chi connectivity index (χ4n) is 4.50. The molecule has 0 unspecified atom stereocenters. The van der Waals surface area contributed by atoms with Gasteiger partial charge in [0.05, 0.1) is 6.61 Å². The number of ether oxygens (including phenoxy) is 2. The van der Waals surface area contributed by atoms with E-state index in [0.29, 0.717) is 12.8 Å². The van der Waals surface area contributed by atoms with E-state index < -0.39 is 32.5 Å². The van der Waals surface area contributed by atoms with Crippen LogP contribution >= 0.6 is 7.82 Å². The largest absolute Gasteiger partial charge is 0.469 e. The molecule has 0 aromatic carbocycles. The molecule has 8 nitrogen and oxygen atoms in total. The fraction of sp³-hybridized carbons (Fsp3) is 0.771. The Labute approximate surface area is 268 Å². The van der Waals surface area contributed by atoms with Crippen molar-refractivity contribution in [2.24, 2.45) is 0 Å². The van der Waals surface area contributed by atoms with E-state index >= 15 is 0 Å². The molecule has 0 saturated carbocycles. The Balaban J connectivity index is 4.04. The second-order valence-electron chi connectivity index (χ2n) is 11.5. The molecule has 0 bridgehead atoms. The Morgan fingerprint density at radius 1 is 0.591 bits per heavy atom. The summed E-state index contributed by atoms with van der Waals surface area (Å²) in [6.07, 6.45) is 34.4. The van der Waals surface area contributed by atoms with Crippen LogP contribution in [0.4, 0.5) is 0 Å². The third kappa shape index (κ3) is 33.2. The van der Waals surface area contributed by atoms with Gasteiger partial charge in [-0.1, -0.05) is 115 Å². The maximum atomic E-state index is 12.3. The van der Waals surface area contributed by atoms with E-state index in [1.54, 1.807) is 0 Å². The molecular weight excluding hydrogens is 579 g/mol. The van der Waals surface area contributed by atoms with Gasteiger partial charge in [-0.25, -0.2) is 4.57 Å². The first-order valence-corrected chi connectivity index (χ1v) is 18.8. The minimum atomic E-state index is -4.75. The van der Waals surface area contributed by atoms with E-state index in [9.17, 15) is 14.2 Å². The molecule has 256 valence electrons. The molecule has 0 aromatic rings. The van der Waals surface area contributed by atoms with Crippen LogP contribution < -0.4 is 0 Å². The van der Waals surface area contributed by atoms with Crippen molar-refractivity contribution in [1.82, 2.24) is 0 Å². The summed E-state index contributed by atoms with van der Waals surface area (Å²) in [7, 11) is -4.75. The van der Waals surface area contributed by atoms with Gasteiger partial charge in [0, 0.05) is 12.8 Å². The number of hydrogen-bond acceptors (Lipinski definition) is 6. The van der Waals surface area contributed by atoms with Crippen LogP contribution in [0.5, 0.6) is 0 Å². The van der Waals surface area contributed by atoms with Crippen LogP contribution in [0.3, 0.4) is 0 Å². The molecule has 9 heteroatoms. The lowest BCUT2D eigenvalue weighted by atomic mass is 10.1. The van der Waals surface area contributed by atoms with Crippen LogP contribution in [0.25, 0.3) is 0 Å². The summed E-state index contributed by atoms with van der Waals surface area (Å²) in [5.74, 6) is -0.916. The first kappa shape index (κ1) is 42.3. The van der Waals surface area contributed by atoms with Crippen LogP contribution in [-0.2, 0) is 28.2 Å². The smallest absolute Gasteiger partial charge is 0.462 e. The number of phosphoric acid groups is 1. The van der Waals surface area contributed by atoms with Crippen molar-refractivity contribution in [3.63, 3.8) is 0 Å². The number of phosphoric ester groups is 1. The molecule has 0 heterocycles. The summed E-state index contributed by atoms with van der Waals surface area (Å²) in [5.41, 5.74) is 0. The number of carbonyl (C=O) groups is 2. The van der Waals surface area contributed by atoms with E-state index in [0.717, 1.165) is 77.0 Å². The lowest BCUT2D eigenvalue weighted by molar-refractivity contribution is -0.161. The van der Waals surface area contributed by atoms with Crippen LogP contribution in [0.1, 0.15) is 155 Å². The first-order chi connectivity index (χ1) is 21.3. The van der Waals surface area contributed by atoms with Crippen LogP contribution in [0.2, 0.25) is 0 Å². The highest BCUT2D eigenvalue weighted by molar-refractivity contribution is 7.46. The van der Waals surface area contributed by atoms with Crippen molar-refractivity contribution in [2.75, 3.05) is 13.2 Å². The quantitative estimate of drug-likeness (QED) is 0.0332. The highest BCUT2D eigenvalue weighted by atomic mass is 31.2. The van der Waals surface area contributed by atoms with Gasteiger partial charge in [0.25, 0.3) is 0 Å². The Morgan fingerprint density at radius 3 is 1.59 bits per heavy atom. The van der Waals surface area contributed by atoms with Gasteiger partial charge >= 0.3 is 19.8 Å². The maximum Gasteiger partial charge on any atom is 0.469 e. The molecule has 2 N–H and O–H groups in total. The molecule has 0 rings (SSSR count). The highest BCUT2D eigenvalue weighted by Crippen LogP contribution is 2.35. The summed E-state index contributed by atoms with van der Waals surface area (Å²) in [4.78, 5) is 42.5. The monoisotopic (exact) mass is 642 g/mol. The van der Waals surface area contributed by atoms with E-state index in [4.69, 9.17) is 19.3 Å². The van der Waals surface area contributed by atoms with E-state index in [2.05, 4.69) is 54.8 Å². The van der Waals surface area contributed by atoms with Gasteiger partial charge in [-0.05, 0) is 64.2 Å². The van der Waals surface area contributed by atoms with Gasteiger partial charge in [-0.3, -0.25) is 14.1 Å². The zero-order valence-corrected chi connectivity index (χ0v) is 28.7. The third-order valence-corrected chi connectivity index (χ3v) is 7.62. The maximum absolute atomic E-state index is 12.3. The molecule has 0 fully saturated rings. The normalized spacial score (nSPS) is 12.9.